The zero-order valence-corrected chi connectivity index (χ0v) is 19.5. The third-order valence-electron chi connectivity index (χ3n) is 4.80. The lowest BCUT2D eigenvalue weighted by Crippen LogP contribution is -2.16. The van der Waals surface area contributed by atoms with Gasteiger partial charge in [-0.25, -0.2) is 9.77 Å². The quantitative estimate of drug-likeness (QED) is 0.288. The second-order valence-corrected chi connectivity index (χ2v) is 8.06. The van der Waals surface area contributed by atoms with Crippen LogP contribution in [0, 0.1) is 4.77 Å². The van der Waals surface area contributed by atoms with Gasteiger partial charge in [-0.1, -0.05) is 53.5 Å². The van der Waals surface area contributed by atoms with E-state index in [4.69, 9.17) is 44.9 Å². The molecule has 164 valence electrons. The highest BCUT2D eigenvalue weighted by Gasteiger charge is 2.13. The summed E-state index contributed by atoms with van der Waals surface area (Å²) in [7, 11) is 1.62. The van der Waals surface area contributed by atoms with Crippen LogP contribution in [0.15, 0.2) is 66.7 Å². The predicted molar refractivity (Wildman–Crippen MR) is 130 cm³/mol. The first-order chi connectivity index (χ1) is 15.6. The van der Waals surface area contributed by atoms with Crippen LogP contribution in [0.1, 0.15) is 11.1 Å². The SMILES string of the molecule is COc1ccccc1-c1n[nH]c(=S)n1NCc1cccc(OCc2c(Cl)cccc2Cl)c1. The number of hydrogen-bond acceptors (Lipinski definition) is 5. The van der Waals surface area contributed by atoms with Gasteiger partial charge in [-0.15, -0.1) is 0 Å². The molecule has 0 amide bonds. The number of halogens is 2. The Bertz CT molecular complexity index is 1270. The van der Waals surface area contributed by atoms with Crippen molar-refractivity contribution in [3.05, 3.63) is 92.7 Å². The maximum Gasteiger partial charge on any atom is 0.214 e. The van der Waals surface area contributed by atoms with Gasteiger partial charge in [0.1, 0.15) is 18.1 Å². The number of nitrogens with zero attached hydrogens (tertiary/aromatic N) is 2. The van der Waals surface area contributed by atoms with Gasteiger partial charge in [0, 0.05) is 15.6 Å². The average Bonchev–Trinajstić information content (AvgIpc) is 3.17. The van der Waals surface area contributed by atoms with E-state index in [-0.39, 0.29) is 6.61 Å². The zero-order valence-electron chi connectivity index (χ0n) is 17.1. The largest absolute Gasteiger partial charge is 0.496 e. The molecule has 9 heteroatoms. The highest BCUT2D eigenvalue weighted by Crippen LogP contribution is 2.28. The molecule has 1 heterocycles. The number of rotatable bonds is 8. The van der Waals surface area contributed by atoms with E-state index in [0.29, 0.717) is 38.7 Å². The molecule has 0 aliphatic carbocycles. The summed E-state index contributed by atoms with van der Waals surface area (Å²) in [5.74, 6) is 2.05. The molecule has 6 nitrogen and oxygen atoms in total. The van der Waals surface area contributed by atoms with Gasteiger partial charge < -0.3 is 14.9 Å². The summed E-state index contributed by atoms with van der Waals surface area (Å²) in [6.45, 7) is 0.778. The van der Waals surface area contributed by atoms with E-state index in [2.05, 4.69) is 15.6 Å². The van der Waals surface area contributed by atoms with Crippen LogP contribution in [0.25, 0.3) is 11.4 Å². The van der Waals surface area contributed by atoms with Crippen molar-refractivity contribution in [1.82, 2.24) is 14.9 Å². The Labute approximate surface area is 200 Å². The van der Waals surface area contributed by atoms with Crippen LogP contribution in [-0.2, 0) is 13.2 Å². The Balaban J connectivity index is 1.49. The van der Waals surface area contributed by atoms with Gasteiger partial charge in [-0.05, 0) is 54.2 Å². The molecule has 0 saturated heterocycles. The Kier molecular flexibility index (Phi) is 6.99. The Morgan fingerprint density at radius 3 is 2.56 bits per heavy atom. The summed E-state index contributed by atoms with van der Waals surface area (Å²) >= 11 is 17.9. The van der Waals surface area contributed by atoms with Crippen LogP contribution in [-0.4, -0.2) is 22.0 Å². The van der Waals surface area contributed by atoms with E-state index in [0.717, 1.165) is 16.7 Å². The topological polar surface area (TPSA) is 64.1 Å². The molecule has 0 aliphatic rings. The van der Waals surface area contributed by atoms with E-state index in [1.807, 2.05) is 48.5 Å². The normalized spacial score (nSPS) is 10.7. The molecule has 0 spiro atoms. The van der Waals surface area contributed by atoms with E-state index < -0.39 is 0 Å². The number of para-hydroxylation sites is 1. The third kappa shape index (κ3) is 4.91. The molecule has 1 aromatic heterocycles. The molecule has 0 bridgehead atoms. The minimum atomic E-state index is 0.278. The smallest absolute Gasteiger partial charge is 0.214 e. The van der Waals surface area contributed by atoms with Gasteiger partial charge in [0.2, 0.25) is 4.77 Å². The van der Waals surface area contributed by atoms with Gasteiger partial charge in [0.25, 0.3) is 0 Å². The van der Waals surface area contributed by atoms with Crippen molar-refractivity contribution in [2.75, 3.05) is 12.5 Å². The van der Waals surface area contributed by atoms with Crippen molar-refractivity contribution < 1.29 is 9.47 Å². The number of H-pyrrole nitrogens is 1. The summed E-state index contributed by atoms with van der Waals surface area (Å²) in [6, 6.07) is 20.8. The van der Waals surface area contributed by atoms with Crippen LogP contribution in [0.3, 0.4) is 0 Å². The first kappa shape index (κ1) is 22.2. The van der Waals surface area contributed by atoms with E-state index in [9.17, 15) is 0 Å². The standard InChI is InChI=1S/C23H20Cl2N4O2S/c1-30-21-11-3-2-8-17(21)22-27-28-23(32)29(22)26-13-15-6-4-7-16(12-15)31-14-18-19(24)9-5-10-20(18)25/h2-12,26H,13-14H2,1H3,(H,28,32). The average molecular weight is 487 g/mol. The molecule has 0 atom stereocenters. The van der Waals surface area contributed by atoms with Crippen molar-refractivity contribution in [3.8, 4) is 22.9 Å². The Morgan fingerprint density at radius 2 is 1.78 bits per heavy atom. The molecule has 32 heavy (non-hydrogen) atoms. The maximum atomic E-state index is 6.23. The molecular weight excluding hydrogens is 467 g/mol. The lowest BCUT2D eigenvalue weighted by atomic mass is 10.2. The van der Waals surface area contributed by atoms with E-state index >= 15 is 0 Å². The number of methoxy groups -OCH3 is 1. The summed E-state index contributed by atoms with van der Waals surface area (Å²) in [4.78, 5) is 0. The number of hydrogen-bond donors (Lipinski definition) is 2. The molecule has 4 rings (SSSR count). The van der Waals surface area contributed by atoms with Crippen LogP contribution >= 0.6 is 35.4 Å². The lowest BCUT2D eigenvalue weighted by Gasteiger charge is -2.13. The monoisotopic (exact) mass is 486 g/mol. The first-order valence-electron chi connectivity index (χ1n) is 9.76. The maximum absolute atomic E-state index is 6.23. The van der Waals surface area contributed by atoms with Crippen LogP contribution in [0.5, 0.6) is 11.5 Å². The molecule has 0 aliphatic heterocycles. The first-order valence-corrected chi connectivity index (χ1v) is 10.9. The zero-order chi connectivity index (χ0) is 22.5. The molecule has 2 N–H and O–H groups in total. The minimum absolute atomic E-state index is 0.278. The van der Waals surface area contributed by atoms with Crippen LogP contribution in [0.2, 0.25) is 10.0 Å². The van der Waals surface area contributed by atoms with Crippen LogP contribution < -0.4 is 14.9 Å². The number of benzene rings is 3. The van der Waals surface area contributed by atoms with Crippen molar-refractivity contribution in [2.24, 2.45) is 0 Å². The molecular formula is C23H20Cl2N4O2S. The second kappa shape index (κ2) is 10.1. The molecule has 4 aromatic rings. The van der Waals surface area contributed by atoms with E-state index in [1.54, 1.807) is 30.0 Å². The number of aromatic nitrogens is 3. The van der Waals surface area contributed by atoms with Crippen molar-refractivity contribution in [3.63, 3.8) is 0 Å². The van der Waals surface area contributed by atoms with Gasteiger partial charge in [0.05, 0.1) is 19.2 Å². The minimum Gasteiger partial charge on any atom is -0.496 e. The molecule has 3 aromatic carbocycles. The summed E-state index contributed by atoms with van der Waals surface area (Å²) in [6.07, 6.45) is 0. The molecule has 0 fully saturated rings. The molecule has 0 radical (unpaired) electrons. The summed E-state index contributed by atoms with van der Waals surface area (Å²) in [5.41, 5.74) is 5.89. The Morgan fingerprint density at radius 1 is 1.03 bits per heavy atom. The highest BCUT2D eigenvalue weighted by molar-refractivity contribution is 7.71. The third-order valence-corrected chi connectivity index (χ3v) is 5.79. The van der Waals surface area contributed by atoms with Gasteiger partial charge in [0.15, 0.2) is 5.82 Å². The molecule has 0 unspecified atom stereocenters. The number of ether oxygens (including phenoxy) is 2. The summed E-state index contributed by atoms with van der Waals surface area (Å²) < 4.78 is 13.6. The Hall–Kier alpha value is -3.00. The fourth-order valence-corrected chi connectivity index (χ4v) is 3.90. The fourth-order valence-electron chi connectivity index (χ4n) is 3.20. The van der Waals surface area contributed by atoms with E-state index in [1.165, 1.54) is 0 Å². The predicted octanol–water partition coefficient (Wildman–Crippen LogP) is 6.25. The number of nitrogens with one attached hydrogen (secondary N) is 2. The van der Waals surface area contributed by atoms with Gasteiger partial charge >= 0.3 is 0 Å². The fraction of sp³-hybridized carbons (Fsp3) is 0.130. The van der Waals surface area contributed by atoms with Crippen molar-refractivity contribution in [1.29, 1.82) is 0 Å². The summed E-state index contributed by atoms with van der Waals surface area (Å²) in [5, 5.41) is 8.34. The van der Waals surface area contributed by atoms with Gasteiger partial charge in [-0.3, -0.25) is 0 Å². The van der Waals surface area contributed by atoms with Gasteiger partial charge in [-0.2, -0.15) is 5.10 Å². The lowest BCUT2D eigenvalue weighted by molar-refractivity contribution is 0.306. The van der Waals surface area contributed by atoms with Crippen molar-refractivity contribution >= 4 is 35.4 Å². The molecule has 0 saturated carbocycles. The number of aromatic amines is 1. The van der Waals surface area contributed by atoms with Crippen molar-refractivity contribution in [2.45, 2.75) is 13.2 Å². The van der Waals surface area contributed by atoms with Crippen LogP contribution in [0.4, 0.5) is 0 Å². The highest BCUT2D eigenvalue weighted by atomic mass is 35.5. The second-order valence-electron chi connectivity index (χ2n) is 6.86.